The maximum atomic E-state index is 13.0. The van der Waals surface area contributed by atoms with Crippen molar-refractivity contribution in [1.29, 1.82) is 0 Å². The summed E-state index contributed by atoms with van der Waals surface area (Å²) in [6.07, 6.45) is -2.68. The molecule has 0 saturated heterocycles. The molecule has 0 aliphatic rings. The highest BCUT2D eigenvalue weighted by Crippen LogP contribution is 2.31. The van der Waals surface area contributed by atoms with E-state index in [1.807, 2.05) is 30.3 Å². The average Bonchev–Trinajstić information content (AvgIpc) is 3.13. The third-order valence-corrected chi connectivity index (χ3v) is 4.51. The maximum absolute atomic E-state index is 13.0. The Bertz CT molecular complexity index is 1140. The first-order valence-corrected chi connectivity index (χ1v) is 8.57. The van der Waals surface area contributed by atoms with Gasteiger partial charge in [0.25, 0.3) is 0 Å². The second-order valence-corrected chi connectivity index (χ2v) is 6.37. The third kappa shape index (κ3) is 3.55. The summed E-state index contributed by atoms with van der Waals surface area (Å²) < 4.78 is 44.2. The van der Waals surface area contributed by atoms with Gasteiger partial charge in [-0.2, -0.15) is 13.2 Å². The molecule has 4 rings (SSSR count). The zero-order chi connectivity index (χ0) is 19.7. The highest BCUT2D eigenvalue weighted by atomic mass is 19.4. The molecule has 28 heavy (non-hydrogen) atoms. The first kappa shape index (κ1) is 18.0. The molecule has 2 heterocycles. The number of hydrogen-bond donors (Lipinski definition) is 1. The van der Waals surface area contributed by atoms with Crippen LogP contribution in [0, 0.1) is 0 Å². The van der Waals surface area contributed by atoms with Crippen LogP contribution in [0.1, 0.15) is 16.8 Å². The van der Waals surface area contributed by atoms with E-state index in [0.717, 1.165) is 34.5 Å². The zero-order valence-corrected chi connectivity index (χ0v) is 14.9. The highest BCUT2D eigenvalue weighted by molar-refractivity contribution is 5.85. The number of H-pyrrole nitrogens is 1. The largest absolute Gasteiger partial charge is 0.497 e. The fourth-order valence-electron chi connectivity index (χ4n) is 3.13. The number of alkyl halides is 3. The number of rotatable bonds is 4. The number of nitrogens with one attached hydrogen (secondary N) is 1. The minimum Gasteiger partial charge on any atom is -0.497 e. The van der Waals surface area contributed by atoms with Crippen LogP contribution in [0.3, 0.4) is 0 Å². The Balaban J connectivity index is 1.72. The van der Waals surface area contributed by atoms with E-state index in [-0.39, 0.29) is 6.42 Å². The van der Waals surface area contributed by atoms with Gasteiger partial charge in [0, 0.05) is 23.1 Å². The Morgan fingerprint density at radius 1 is 1.00 bits per heavy atom. The fourth-order valence-corrected chi connectivity index (χ4v) is 3.13. The van der Waals surface area contributed by atoms with Gasteiger partial charge in [0.15, 0.2) is 0 Å². The van der Waals surface area contributed by atoms with E-state index in [1.165, 1.54) is 12.4 Å². The molecule has 0 bridgehead atoms. The van der Waals surface area contributed by atoms with E-state index in [2.05, 4.69) is 15.0 Å². The van der Waals surface area contributed by atoms with Gasteiger partial charge in [0.1, 0.15) is 17.7 Å². The number of benzene rings is 2. The van der Waals surface area contributed by atoms with Crippen molar-refractivity contribution in [2.75, 3.05) is 7.11 Å². The molecule has 0 spiro atoms. The summed E-state index contributed by atoms with van der Waals surface area (Å²) in [4.78, 5) is 11.8. The number of fused-ring (bicyclic) bond motifs is 1. The lowest BCUT2D eigenvalue weighted by Gasteiger charge is -2.08. The topological polar surface area (TPSA) is 50.8 Å². The van der Waals surface area contributed by atoms with Crippen LogP contribution in [0.2, 0.25) is 0 Å². The molecule has 142 valence electrons. The third-order valence-electron chi connectivity index (χ3n) is 4.51. The predicted molar refractivity (Wildman–Crippen MR) is 100 cm³/mol. The Labute approximate surface area is 159 Å². The molecule has 0 unspecified atom stereocenters. The van der Waals surface area contributed by atoms with Crippen LogP contribution in [0.15, 0.2) is 60.9 Å². The van der Waals surface area contributed by atoms with Crippen molar-refractivity contribution in [1.82, 2.24) is 15.0 Å². The molecule has 0 atom stereocenters. The molecule has 2 aromatic carbocycles. The lowest BCUT2D eigenvalue weighted by Crippen LogP contribution is -2.05. The average molecular weight is 383 g/mol. The Morgan fingerprint density at radius 3 is 2.61 bits per heavy atom. The minimum atomic E-state index is -4.37. The SMILES string of the molecule is COc1cccc(-c2cc3c(Cc4cccc(C(F)(F)F)c4)ncnc3[nH]2)c1. The highest BCUT2D eigenvalue weighted by Gasteiger charge is 2.30. The van der Waals surface area contributed by atoms with Gasteiger partial charge in [0.2, 0.25) is 0 Å². The molecule has 0 amide bonds. The molecule has 0 saturated carbocycles. The van der Waals surface area contributed by atoms with Crippen molar-refractivity contribution >= 4 is 11.0 Å². The van der Waals surface area contributed by atoms with Crippen LogP contribution in [0.4, 0.5) is 13.2 Å². The van der Waals surface area contributed by atoms with E-state index >= 15 is 0 Å². The molecule has 1 N–H and O–H groups in total. The van der Waals surface area contributed by atoms with Gasteiger partial charge in [-0.1, -0.05) is 30.3 Å². The Hall–Kier alpha value is -3.35. The van der Waals surface area contributed by atoms with Crippen molar-refractivity contribution in [2.45, 2.75) is 12.6 Å². The summed E-state index contributed by atoms with van der Waals surface area (Å²) in [6.45, 7) is 0. The molecule has 2 aromatic heterocycles. The van der Waals surface area contributed by atoms with E-state index in [9.17, 15) is 13.2 Å². The monoisotopic (exact) mass is 383 g/mol. The van der Waals surface area contributed by atoms with Crippen molar-refractivity contribution in [3.63, 3.8) is 0 Å². The predicted octanol–water partition coefficient (Wildman–Crippen LogP) is 5.24. The van der Waals surface area contributed by atoms with E-state index in [1.54, 1.807) is 13.2 Å². The van der Waals surface area contributed by atoms with Gasteiger partial charge < -0.3 is 9.72 Å². The lowest BCUT2D eigenvalue weighted by molar-refractivity contribution is -0.137. The van der Waals surface area contributed by atoms with Crippen molar-refractivity contribution in [2.24, 2.45) is 0 Å². The van der Waals surface area contributed by atoms with Crippen LogP contribution < -0.4 is 4.74 Å². The molecule has 0 aliphatic carbocycles. The van der Waals surface area contributed by atoms with Crippen LogP contribution in [0.5, 0.6) is 5.75 Å². The van der Waals surface area contributed by atoms with Crippen LogP contribution >= 0.6 is 0 Å². The first-order chi connectivity index (χ1) is 13.4. The molecule has 0 aliphatic heterocycles. The number of methoxy groups -OCH3 is 1. The van der Waals surface area contributed by atoms with Gasteiger partial charge in [-0.05, 0) is 29.8 Å². The number of aromatic amines is 1. The number of halogens is 3. The fraction of sp³-hybridized carbons (Fsp3) is 0.143. The summed E-state index contributed by atoms with van der Waals surface area (Å²) in [5.74, 6) is 0.728. The van der Waals surface area contributed by atoms with Gasteiger partial charge in [-0.3, -0.25) is 0 Å². The Kier molecular flexibility index (Phi) is 4.50. The van der Waals surface area contributed by atoms with Crippen molar-refractivity contribution in [3.8, 4) is 17.0 Å². The molecule has 0 radical (unpaired) electrons. The van der Waals surface area contributed by atoms with E-state index < -0.39 is 11.7 Å². The summed E-state index contributed by atoms with van der Waals surface area (Å²) in [6, 6.07) is 14.8. The van der Waals surface area contributed by atoms with E-state index in [4.69, 9.17) is 4.74 Å². The Morgan fingerprint density at radius 2 is 1.82 bits per heavy atom. The summed E-state index contributed by atoms with van der Waals surface area (Å²) in [5, 5.41) is 0.776. The summed E-state index contributed by atoms with van der Waals surface area (Å²) >= 11 is 0. The molecule has 4 nitrogen and oxygen atoms in total. The van der Waals surface area contributed by atoms with Crippen molar-refractivity contribution < 1.29 is 17.9 Å². The zero-order valence-electron chi connectivity index (χ0n) is 14.9. The van der Waals surface area contributed by atoms with Crippen LogP contribution in [-0.2, 0) is 12.6 Å². The molecular weight excluding hydrogens is 367 g/mol. The number of nitrogens with zero attached hydrogens (tertiary/aromatic N) is 2. The second-order valence-electron chi connectivity index (χ2n) is 6.37. The normalized spacial score (nSPS) is 11.7. The van der Waals surface area contributed by atoms with E-state index in [0.29, 0.717) is 16.9 Å². The summed E-state index contributed by atoms with van der Waals surface area (Å²) in [5.41, 5.74) is 2.92. The molecule has 7 heteroatoms. The van der Waals surface area contributed by atoms with Gasteiger partial charge in [-0.15, -0.1) is 0 Å². The smallest absolute Gasteiger partial charge is 0.416 e. The van der Waals surface area contributed by atoms with Crippen LogP contribution in [0.25, 0.3) is 22.3 Å². The minimum absolute atomic E-state index is 0.276. The van der Waals surface area contributed by atoms with Gasteiger partial charge >= 0.3 is 6.18 Å². The van der Waals surface area contributed by atoms with Gasteiger partial charge in [-0.25, -0.2) is 9.97 Å². The standard InChI is InChI=1S/C21H16F3N3O/c1-28-16-7-3-5-14(10-16)18-11-17-19(25-12-26-20(17)27-18)9-13-4-2-6-15(8-13)21(22,23)24/h2-8,10-12H,9H2,1H3,(H,25,26,27). The van der Waals surface area contributed by atoms with Crippen molar-refractivity contribution in [3.05, 3.63) is 77.7 Å². The second kappa shape index (κ2) is 6.99. The molecular formula is C21H16F3N3O. The van der Waals surface area contributed by atoms with Crippen LogP contribution in [-0.4, -0.2) is 22.1 Å². The molecule has 0 fully saturated rings. The first-order valence-electron chi connectivity index (χ1n) is 8.57. The summed E-state index contributed by atoms with van der Waals surface area (Å²) in [7, 11) is 1.60. The lowest BCUT2D eigenvalue weighted by atomic mass is 10.0. The maximum Gasteiger partial charge on any atom is 0.416 e. The number of hydrogen-bond acceptors (Lipinski definition) is 3. The van der Waals surface area contributed by atoms with Gasteiger partial charge in [0.05, 0.1) is 18.4 Å². The quantitative estimate of drug-likeness (QED) is 0.524. The molecule has 4 aromatic rings. The number of ether oxygens (including phenoxy) is 1. The number of aromatic nitrogens is 3.